The molecule has 0 saturated carbocycles. The van der Waals surface area contributed by atoms with Crippen LogP contribution in [0.1, 0.15) is 5.69 Å². The second kappa shape index (κ2) is 6.88. The molecule has 3 rings (SSSR count). The molecule has 0 bridgehead atoms. The second-order valence-electron chi connectivity index (χ2n) is 4.85. The Morgan fingerprint density at radius 3 is 2.57 bits per heavy atom. The normalized spacial score (nSPS) is 15.1. The number of aryl methyl sites for hydroxylation is 1. The van der Waals surface area contributed by atoms with Gasteiger partial charge in [-0.25, -0.2) is 0 Å². The van der Waals surface area contributed by atoms with Crippen molar-refractivity contribution < 1.29 is 0 Å². The van der Waals surface area contributed by atoms with Crippen LogP contribution in [0.2, 0.25) is 10.0 Å². The predicted octanol–water partition coefficient (Wildman–Crippen LogP) is 4.44. The fourth-order valence-corrected chi connectivity index (χ4v) is 3.46. The zero-order valence-corrected chi connectivity index (χ0v) is 15.3. The highest BCUT2D eigenvalue weighted by atomic mass is 79.9. The Bertz CT molecular complexity index is 672. The predicted molar refractivity (Wildman–Crippen MR) is 96.5 cm³/mol. The van der Waals surface area contributed by atoms with Crippen LogP contribution in [0.5, 0.6) is 0 Å². The Morgan fingerprint density at radius 2 is 1.90 bits per heavy atom. The van der Waals surface area contributed by atoms with E-state index >= 15 is 0 Å². The summed E-state index contributed by atoms with van der Waals surface area (Å²) in [4.78, 5) is 6.95. The van der Waals surface area contributed by atoms with Crippen LogP contribution in [-0.2, 0) is 0 Å². The standard InChI is InChI=1S/C14H14BrCl2N3.ClH/c1-8-11(15)14(20-6-4-18-5-7-20)9-2-3-10(16)12(17)13(9)19-8;/h2-3,18H,4-7H2,1H3;1H. The number of piperazine rings is 1. The SMILES string of the molecule is Cc1nc2c(Cl)c(Cl)ccc2c(N2CCNCC2)c1Br.Cl. The number of aromatic nitrogens is 1. The third kappa shape index (κ3) is 3.10. The van der Waals surface area contributed by atoms with Gasteiger partial charge in [0.2, 0.25) is 0 Å². The summed E-state index contributed by atoms with van der Waals surface area (Å²) in [6.07, 6.45) is 0. The van der Waals surface area contributed by atoms with E-state index in [2.05, 4.69) is 31.1 Å². The van der Waals surface area contributed by atoms with Gasteiger partial charge in [0.15, 0.2) is 0 Å². The molecule has 1 N–H and O–H groups in total. The van der Waals surface area contributed by atoms with Gasteiger partial charge in [-0.15, -0.1) is 12.4 Å². The summed E-state index contributed by atoms with van der Waals surface area (Å²) in [6.45, 7) is 5.88. The van der Waals surface area contributed by atoms with Crippen LogP contribution in [0.25, 0.3) is 10.9 Å². The van der Waals surface area contributed by atoms with Gasteiger partial charge in [0.1, 0.15) is 0 Å². The molecule has 1 aliphatic rings. The molecule has 0 spiro atoms. The van der Waals surface area contributed by atoms with Crippen LogP contribution in [0.4, 0.5) is 5.69 Å². The molecule has 2 heterocycles. The number of nitrogens with one attached hydrogen (secondary N) is 1. The first-order valence-electron chi connectivity index (χ1n) is 6.49. The minimum absolute atomic E-state index is 0. The van der Waals surface area contributed by atoms with Gasteiger partial charge in [-0.1, -0.05) is 23.2 Å². The number of hydrogen-bond acceptors (Lipinski definition) is 3. The van der Waals surface area contributed by atoms with E-state index in [0.717, 1.165) is 52.9 Å². The van der Waals surface area contributed by atoms with Crippen molar-refractivity contribution in [2.75, 3.05) is 31.1 Å². The summed E-state index contributed by atoms with van der Waals surface area (Å²) >= 11 is 16.1. The summed E-state index contributed by atoms with van der Waals surface area (Å²) in [5.74, 6) is 0. The average molecular weight is 412 g/mol. The molecule has 114 valence electrons. The minimum Gasteiger partial charge on any atom is -0.367 e. The fourth-order valence-electron chi connectivity index (χ4n) is 2.54. The maximum absolute atomic E-state index is 6.32. The first-order chi connectivity index (χ1) is 9.59. The van der Waals surface area contributed by atoms with Crippen LogP contribution in [0.3, 0.4) is 0 Å². The quantitative estimate of drug-likeness (QED) is 0.752. The largest absolute Gasteiger partial charge is 0.367 e. The molecule has 0 aliphatic carbocycles. The molecule has 0 atom stereocenters. The van der Waals surface area contributed by atoms with E-state index in [1.54, 1.807) is 0 Å². The lowest BCUT2D eigenvalue weighted by Crippen LogP contribution is -2.43. The summed E-state index contributed by atoms with van der Waals surface area (Å²) in [5.41, 5.74) is 2.86. The molecule has 21 heavy (non-hydrogen) atoms. The molecule has 1 saturated heterocycles. The zero-order valence-electron chi connectivity index (χ0n) is 11.4. The number of rotatable bonds is 1. The Morgan fingerprint density at radius 1 is 1.24 bits per heavy atom. The number of halogens is 4. The van der Waals surface area contributed by atoms with Crippen LogP contribution in [-0.4, -0.2) is 31.2 Å². The Kier molecular flexibility index (Phi) is 5.60. The molecular formula is C14H15BrCl3N3. The van der Waals surface area contributed by atoms with Crippen molar-refractivity contribution in [3.63, 3.8) is 0 Å². The Balaban J connectivity index is 0.00000161. The van der Waals surface area contributed by atoms with E-state index in [9.17, 15) is 0 Å². The Labute approximate surface area is 148 Å². The summed E-state index contributed by atoms with van der Waals surface area (Å²) < 4.78 is 1.03. The van der Waals surface area contributed by atoms with Gasteiger partial charge in [0, 0.05) is 31.6 Å². The third-order valence-corrected chi connectivity index (χ3v) is 5.31. The van der Waals surface area contributed by atoms with Crippen LogP contribution < -0.4 is 10.2 Å². The third-order valence-electron chi connectivity index (χ3n) is 3.56. The zero-order chi connectivity index (χ0) is 14.3. The summed E-state index contributed by atoms with van der Waals surface area (Å²) in [6, 6.07) is 3.83. The average Bonchev–Trinajstić information content (AvgIpc) is 2.46. The lowest BCUT2D eigenvalue weighted by atomic mass is 10.1. The van der Waals surface area contributed by atoms with Crippen LogP contribution in [0, 0.1) is 6.92 Å². The molecule has 1 aromatic carbocycles. The maximum atomic E-state index is 6.32. The molecular weight excluding hydrogens is 396 g/mol. The van der Waals surface area contributed by atoms with E-state index < -0.39 is 0 Å². The van der Waals surface area contributed by atoms with E-state index in [1.165, 1.54) is 0 Å². The molecule has 0 amide bonds. The van der Waals surface area contributed by atoms with Crippen molar-refractivity contribution >= 4 is 68.1 Å². The Hall–Kier alpha value is -0.260. The highest BCUT2D eigenvalue weighted by molar-refractivity contribution is 9.10. The number of anilines is 1. The van der Waals surface area contributed by atoms with Crippen LogP contribution >= 0.6 is 51.5 Å². The van der Waals surface area contributed by atoms with E-state index in [1.807, 2.05) is 19.1 Å². The van der Waals surface area contributed by atoms with Gasteiger partial charge in [-0.05, 0) is 35.0 Å². The highest BCUT2D eigenvalue weighted by Crippen LogP contribution is 2.40. The van der Waals surface area contributed by atoms with E-state index in [-0.39, 0.29) is 12.4 Å². The molecule has 1 aromatic heterocycles. The van der Waals surface area contributed by atoms with Crippen molar-refractivity contribution in [2.24, 2.45) is 0 Å². The topological polar surface area (TPSA) is 28.2 Å². The molecule has 2 aromatic rings. The first-order valence-corrected chi connectivity index (χ1v) is 8.04. The fraction of sp³-hybridized carbons (Fsp3) is 0.357. The van der Waals surface area contributed by atoms with Gasteiger partial charge in [0.05, 0.1) is 31.4 Å². The van der Waals surface area contributed by atoms with Gasteiger partial charge in [-0.2, -0.15) is 0 Å². The minimum atomic E-state index is 0. The molecule has 1 fully saturated rings. The maximum Gasteiger partial charge on any atom is 0.0928 e. The second-order valence-corrected chi connectivity index (χ2v) is 6.43. The van der Waals surface area contributed by atoms with Crippen LogP contribution in [0.15, 0.2) is 16.6 Å². The molecule has 0 radical (unpaired) electrons. The van der Waals surface area contributed by atoms with Gasteiger partial charge < -0.3 is 10.2 Å². The number of hydrogen-bond donors (Lipinski definition) is 1. The van der Waals surface area contributed by atoms with E-state index in [0.29, 0.717) is 10.0 Å². The summed E-state index contributed by atoms with van der Waals surface area (Å²) in [7, 11) is 0. The van der Waals surface area contributed by atoms with Gasteiger partial charge in [-0.3, -0.25) is 4.98 Å². The molecule has 3 nitrogen and oxygen atoms in total. The monoisotopic (exact) mass is 409 g/mol. The van der Waals surface area contributed by atoms with Gasteiger partial charge in [0.25, 0.3) is 0 Å². The smallest absolute Gasteiger partial charge is 0.0928 e. The van der Waals surface area contributed by atoms with E-state index in [4.69, 9.17) is 23.2 Å². The first kappa shape index (κ1) is 17.1. The number of pyridine rings is 1. The van der Waals surface area contributed by atoms with Crippen molar-refractivity contribution in [2.45, 2.75) is 6.92 Å². The lowest BCUT2D eigenvalue weighted by Gasteiger charge is -2.31. The number of fused-ring (bicyclic) bond motifs is 1. The van der Waals surface area contributed by atoms with Crippen molar-refractivity contribution in [3.05, 3.63) is 32.3 Å². The number of nitrogens with zero attached hydrogens (tertiary/aromatic N) is 2. The molecule has 1 aliphatic heterocycles. The van der Waals surface area contributed by atoms with Crippen molar-refractivity contribution in [3.8, 4) is 0 Å². The lowest BCUT2D eigenvalue weighted by molar-refractivity contribution is 0.589. The highest BCUT2D eigenvalue weighted by Gasteiger charge is 2.20. The molecule has 7 heteroatoms. The van der Waals surface area contributed by atoms with Gasteiger partial charge >= 0.3 is 0 Å². The van der Waals surface area contributed by atoms with Crippen molar-refractivity contribution in [1.82, 2.24) is 10.3 Å². The molecule has 0 unspecified atom stereocenters. The number of benzene rings is 1. The summed E-state index contributed by atoms with van der Waals surface area (Å²) in [5, 5.41) is 5.47. The van der Waals surface area contributed by atoms with Crippen molar-refractivity contribution in [1.29, 1.82) is 0 Å².